The van der Waals surface area contributed by atoms with Crippen molar-refractivity contribution in [3.63, 3.8) is 0 Å². The Morgan fingerprint density at radius 1 is 1.25 bits per heavy atom. The van der Waals surface area contributed by atoms with Crippen molar-refractivity contribution in [3.05, 3.63) is 29.3 Å². The number of alkyl halides is 3. The van der Waals surface area contributed by atoms with Crippen LogP contribution in [-0.4, -0.2) is 37.1 Å². The first-order valence-corrected chi connectivity index (χ1v) is 7.18. The van der Waals surface area contributed by atoms with Crippen LogP contribution < -0.4 is 4.90 Å². The molecule has 0 spiro atoms. The Hall–Kier alpha value is -1.23. The van der Waals surface area contributed by atoms with Gasteiger partial charge in [-0.3, -0.25) is 0 Å². The van der Waals surface area contributed by atoms with Crippen LogP contribution >= 0.6 is 0 Å². The van der Waals surface area contributed by atoms with Crippen molar-refractivity contribution in [2.24, 2.45) is 0 Å². The van der Waals surface area contributed by atoms with Gasteiger partial charge in [0.15, 0.2) is 0 Å². The average molecular weight is 284 g/mol. The number of hydrogen-bond donors (Lipinski definition) is 0. The average Bonchev–Trinajstić information content (AvgIpc) is 2.60. The Balaban J connectivity index is 1.88. The summed E-state index contributed by atoms with van der Waals surface area (Å²) in [6.07, 6.45) is -2.44. The van der Waals surface area contributed by atoms with E-state index in [0.717, 1.165) is 50.3 Å². The number of halogens is 3. The highest BCUT2D eigenvalue weighted by atomic mass is 19.4. The summed E-state index contributed by atoms with van der Waals surface area (Å²) in [5.74, 6) is 0. The van der Waals surface area contributed by atoms with Gasteiger partial charge in [-0.2, -0.15) is 13.2 Å². The summed E-state index contributed by atoms with van der Waals surface area (Å²) in [6, 6.07) is 4.53. The quantitative estimate of drug-likeness (QED) is 0.781. The van der Waals surface area contributed by atoms with Crippen molar-refractivity contribution in [1.29, 1.82) is 0 Å². The van der Waals surface area contributed by atoms with E-state index in [4.69, 9.17) is 0 Å². The standard InChI is InChI=1S/C15H19F3N2/c1-2-19-6-3-7-20-13(10-19)9-11-8-12(15(16,17)18)4-5-14(11)20/h4-5,8,13H,2-3,6-7,9-10H2,1H3. The van der Waals surface area contributed by atoms with Gasteiger partial charge in [0.2, 0.25) is 0 Å². The number of hydrogen-bond acceptors (Lipinski definition) is 2. The summed E-state index contributed by atoms with van der Waals surface area (Å²) in [7, 11) is 0. The van der Waals surface area contributed by atoms with Crippen molar-refractivity contribution in [2.75, 3.05) is 31.1 Å². The third-order valence-electron chi connectivity index (χ3n) is 4.40. The van der Waals surface area contributed by atoms with Gasteiger partial charge < -0.3 is 9.80 Å². The lowest BCUT2D eigenvalue weighted by molar-refractivity contribution is -0.137. The predicted molar refractivity (Wildman–Crippen MR) is 73.0 cm³/mol. The Morgan fingerprint density at radius 3 is 2.75 bits per heavy atom. The number of fused-ring (bicyclic) bond motifs is 3. The van der Waals surface area contributed by atoms with Crippen LogP contribution in [0.1, 0.15) is 24.5 Å². The normalized spacial score (nSPS) is 23.4. The topological polar surface area (TPSA) is 6.48 Å². The Labute approximate surface area is 117 Å². The first-order chi connectivity index (χ1) is 9.49. The number of rotatable bonds is 1. The van der Waals surface area contributed by atoms with Crippen LogP contribution in [0.3, 0.4) is 0 Å². The van der Waals surface area contributed by atoms with E-state index in [9.17, 15) is 13.2 Å². The molecule has 0 aromatic heterocycles. The second-order valence-electron chi connectivity index (χ2n) is 5.64. The lowest BCUT2D eigenvalue weighted by Gasteiger charge is -2.26. The molecule has 2 aliphatic rings. The van der Waals surface area contributed by atoms with Gasteiger partial charge in [-0.25, -0.2) is 0 Å². The lowest BCUT2D eigenvalue weighted by atomic mass is 10.1. The van der Waals surface area contributed by atoms with Crippen LogP contribution in [-0.2, 0) is 12.6 Å². The van der Waals surface area contributed by atoms with Crippen LogP contribution in [0, 0.1) is 0 Å². The van der Waals surface area contributed by atoms with Crippen molar-refractivity contribution < 1.29 is 13.2 Å². The number of nitrogens with zero attached hydrogens (tertiary/aromatic N) is 2. The van der Waals surface area contributed by atoms with E-state index < -0.39 is 11.7 Å². The van der Waals surface area contributed by atoms with Crippen molar-refractivity contribution in [1.82, 2.24) is 4.90 Å². The highest BCUT2D eigenvalue weighted by Gasteiger charge is 2.36. The number of benzene rings is 1. The largest absolute Gasteiger partial charge is 0.416 e. The summed E-state index contributed by atoms with van der Waals surface area (Å²) >= 11 is 0. The molecule has 20 heavy (non-hydrogen) atoms. The van der Waals surface area contributed by atoms with Gasteiger partial charge in [0.05, 0.1) is 5.56 Å². The Kier molecular flexibility index (Phi) is 3.40. The van der Waals surface area contributed by atoms with E-state index in [1.165, 1.54) is 12.1 Å². The molecule has 0 N–H and O–H groups in total. The fraction of sp³-hybridized carbons (Fsp3) is 0.600. The molecule has 3 rings (SSSR count). The van der Waals surface area contributed by atoms with Gasteiger partial charge in [0, 0.05) is 24.8 Å². The van der Waals surface area contributed by atoms with Crippen LogP contribution in [0.2, 0.25) is 0 Å². The zero-order chi connectivity index (χ0) is 14.3. The van der Waals surface area contributed by atoms with E-state index >= 15 is 0 Å². The van der Waals surface area contributed by atoms with Crippen LogP contribution in [0.4, 0.5) is 18.9 Å². The molecule has 1 fully saturated rings. The molecular weight excluding hydrogens is 265 g/mol. The third kappa shape index (κ3) is 2.39. The van der Waals surface area contributed by atoms with Crippen LogP contribution in [0.5, 0.6) is 0 Å². The monoisotopic (exact) mass is 284 g/mol. The summed E-state index contributed by atoms with van der Waals surface area (Å²) < 4.78 is 38.4. The highest BCUT2D eigenvalue weighted by molar-refractivity contribution is 5.61. The fourth-order valence-electron chi connectivity index (χ4n) is 3.37. The van der Waals surface area contributed by atoms with Crippen LogP contribution in [0.15, 0.2) is 18.2 Å². The maximum atomic E-state index is 12.8. The maximum absolute atomic E-state index is 12.8. The molecule has 2 nitrogen and oxygen atoms in total. The third-order valence-corrected chi connectivity index (χ3v) is 4.40. The molecule has 0 bridgehead atoms. The molecule has 1 saturated heterocycles. The lowest BCUT2D eigenvalue weighted by Crippen LogP contribution is -2.38. The zero-order valence-corrected chi connectivity index (χ0v) is 11.6. The summed E-state index contributed by atoms with van der Waals surface area (Å²) in [4.78, 5) is 4.69. The molecule has 1 aromatic rings. The second-order valence-corrected chi connectivity index (χ2v) is 5.64. The minimum Gasteiger partial charge on any atom is -0.367 e. The van der Waals surface area contributed by atoms with Gasteiger partial charge >= 0.3 is 6.18 Å². The fourth-order valence-corrected chi connectivity index (χ4v) is 3.37. The van der Waals surface area contributed by atoms with Crippen molar-refractivity contribution in [2.45, 2.75) is 32.0 Å². The van der Waals surface area contributed by atoms with E-state index in [0.29, 0.717) is 6.04 Å². The second kappa shape index (κ2) is 4.95. The molecule has 110 valence electrons. The molecule has 1 atom stereocenters. The molecule has 5 heteroatoms. The highest BCUT2D eigenvalue weighted by Crippen LogP contribution is 2.38. The van der Waals surface area contributed by atoms with E-state index in [1.807, 2.05) is 0 Å². The molecule has 0 aliphatic carbocycles. The maximum Gasteiger partial charge on any atom is 0.416 e. The summed E-state index contributed by atoms with van der Waals surface area (Å²) in [5, 5.41) is 0. The number of likely N-dealkylation sites (N-methyl/N-ethyl adjacent to an activating group) is 1. The molecule has 0 saturated carbocycles. The molecule has 2 heterocycles. The SMILES string of the molecule is CCN1CCCN2c3ccc(C(F)(F)F)cc3CC2C1. The molecular formula is C15H19F3N2. The van der Waals surface area contributed by atoms with E-state index in [2.05, 4.69) is 16.7 Å². The Morgan fingerprint density at radius 2 is 2.05 bits per heavy atom. The predicted octanol–water partition coefficient (Wildman–Crippen LogP) is 3.16. The minimum absolute atomic E-state index is 0.330. The molecule has 1 aromatic carbocycles. The van der Waals surface area contributed by atoms with Gasteiger partial charge in [-0.15, -0.1) is 0 Å². The first kappa shape index (κ1) is 13.7. The summed E-state index contributed by atoms with van der Waals surface area (Å²) in [6.45, 7) is 6.12. The Bertz CT molecular complexity index is 498. The summed E-state index contributed by atoms with van der Waals surface area (Å²) in [5.41, 5.74) is 1.32. The molecule has 0 radical (unpaired) electrons. The van der Waals surface area contributed by atoms with Gasteiger partial charge in [-0.05, 0) is 49.7 Å². The van der Waals surface area contributed by atoms with Crippen molar-refractivity contribution >= 4 is 5.69 Å². The van der Waals surface area contributed by atoms with Crippen molar-refractivity contribution in [3.8, 4) is 0 Å². The molecule has 0 amide bonds. The van der Waals surface area contributed by atoms with Gasteiger partial charge in [0.25, 0.3) is 0 Å². The first-order valence-electron chi connectivity index (χ1n) is 7.18. The van der Waals surface area contributed by atoms with Gasteiger partial charge in [-0.1, -0.05) is 6.92 Å². The zero-order valence-electron chi connectivity index (χ0n) is 11.6. The van der Waals surface area contributed by atoms with E-state index in [-0.39, 0.29) is 0 Å². The molecule has 1 unspecified atom stereocenters. The number of anilines is 1. The van der Waals surface area contributed by atoms with E-state index in [1.54, 1.807) is 6.07 Å². The van der Waals surface area contributed by atoms with Gasteiger partial charge in [0.1, 0.15) is 0 Å². The minimum atomic E-state index is -4.25. The molecule has 2 aliphatic heterocycles. The van der Waals surface area contributed by atoms with Crippen LogP contribution in [0.25, 0.3) is 0 Å². The smallest absolute Gasteiger partial charge is 0.367 e.